The molecule has 1 aromatic rings. The Labute approximate surface area is 122 Å². The highest BCUT2D eigenvalue weighted by molar-refractivity contribution is 9.12. The van der Waals surface area contributed by atoms with Gasteiger partial charge in [0.15, 0.2) is 0 Å². The molecule has 1 aliphatic heterocycles. The van der Waals surface area contributed by atoms with Crippen molar-refractivity contribution in [3.05, 3.63) is 19.2 Å². The highest BCUT2D eigenvalue weighted by Gasteiger charge is 2.28. The van der Waals surface area contributed by atoms with E-state index in [9.17, 15) is 4.79 Å². The molecular formula is C11H14Br2N2OS. The molecule has 0 radical (unpaired) electrons. The molecule has 1 atom stereocenters. The second-order valence-electron chi connectivity index (χ2n) is 4.20. The Balaban J connectivity index is 2.04. The van der Waals surface area contributed by atoms with Crippen LogP contribution in [-0.4, -0.2) is 37.5 Å². The van der Waals surface area contributed by atoms with E-state index in [1.807, 2.05) is 18.0 Å². The maximum Gasteiger partial charge on any atom is 0.255 e. The number of thiophene rings is 1. The largest absolute Gasteiger partial charge is 0.338 e. The molecule has 1 N–H and O–H groups in total. The van der Waals surface area contributed by atoms with Crippen molar-refractivity contribution in [2.75, 3.05) is 26.7 Å². The summed E-state index contributed by atoms with van der Waals surface area (Å²) in [4.78, 5) is 14.2. The number of halogens is 2. The number of carbonyl (C=O) groups excluding carboxylic acids is 1. The molecule has 0 aromatic carbocycles. The fourth-order valence-electron chi connectivity index (χ4n) is 2.13. The van der Waals surface area contributed by atoms with E-state index in [-0.39, 0.29) is 5.91 Å². The van der Waals surface area contributed by atoms with Crippen molar-refractivity contribution in [3.8, 4) is 0 Å². The standard InChI is InChI=1S/C11H14Br2N2OS/c1-14-5-7-2-3-15(6-7)11(16)8-4-9(12)17-10(8)13/h4,7,14H,2-3,5-6H2,1H3. The van der Waals surface area contributed by atoms with Crippen LogP contribution >= 0.6 is 43.2 Å². The van der Waals surface area contributed by atoms with E-state index in [1.165, 1.54) is 0 Å². The predicted molar refractivity (Wildman–Crippen MR) is 77.7 cm³/mol. The van der Waals surface area contributed by atoms with Crippen molar-refractivity contribution in [2.45, 2.75) is 6.42 Å². The number of likely N-dealkylation sites (tertiary alicyclic amines) is 1. The van der Waals surface area contributed by atoms with Crippen molar-refractivity contribution in [3.63, 3.8) is 0 Å². The summed E-state index contributed by atoms with van der Waals surface area (Å²) >= 11 is 8.38. The molecule has 94 valence electrons. The van der Waals surface area contributed by atoms with E-state index < -0.39 is 0 Å². The van der Waals surface area contributed by atoms with E-state index >= 15 is 0 Å². The van der Waals surface area contributed by atoms with E-state index in [1.54, 1.807) is 11.3 Å². The molecule has 17 heavy (non-hydrogen) atoms. The average molecular weight is 382 g/mol. The second-order valence-corrected chi connectivity index (χ2v) is 7.95. The summed E-state index contributed by atoms with van der Waals surface area (Å²) in [6.07, 6.45) is 1.09. The topological polar surface area (TPSA) is 32.3 Å². The van der Waals surface area contributed by atoms with Gasteiger partial charge in [0, 0.05) is 13.1 Å². The first-order valence-corrected chi connectivity index (χ1v) is 7.90. The number of amides is 1. The first kappa shape index (κ1) is 13.5. The maximum absolute atomic E-state index is 12.3. The minimum Gasteiger partial charge on any atom is -0.338 e. The summed E-state index contributed by atoms with van der Waals surface area (Å²) in [7, 11) is 1.96. The summed E-state index contributed by atoms with van der Waals surface area (Å²) in [5.74, 6) is 0.724. The van der Waals surface area contributed by atoms with Gasteiger partial charge in [-0.2, -0.15) is 0 Å². The van der Waals surface area contributed by atoms with Crippen LogP contribution in [0.2, 0.25) is 0 Å². The SMILES string of the molecule is CNCC1CCN(C(=O)c2cc(Br)sc2Br)C1. The summed E-state index contributed by atoms with van der Waals surface area (Å²) in [6.45, 7) is 2.71. The molecule has 1 amide bonds. The van der Waals surface area contributed by atoms with Crippen LogP contribution in [0.5, 0.6) is 0 Å². The van der Waals surface area contributed by atoms with Crippen LogP contribution in [0.4, 0.5) is 0 Å². The third-order valence-electron chi connectivity index (χ3n) is 2.95. The molecule has 0 spiro atoms. The Morgan fingerprint density at radius 2 is 2.41 bits per heavy atom. The Morgan fingerprint density at radius 1 is 1.65 bits per heavy atom. The van der Waals surface area contributed by atoms with E-state index in [0.717, 1.165) is 39.2 Å². The molecule has 2 heterocycles. The number of carbonyl (C=O) groups is 1. The van der Waals surface area contributed by atoms with Crippen LogP contribution in [0, 0.1) is 5.92 Å². The smallest absolute Gasteiger partial charge is 0.255 e. The molecule has 1 aromatic heterocycles. The molecule has 0 bridgehead atoms. The minimum absolute atomic E-state index is 0.137. The molecule has 1 unspecified atom stereocenters. The number of hydrogen-bond acceptors (Lipinski definition) is 3. The van der Waals surface area contributed by atoms with Gasteiger partial charge in [-0.25, -0.2) is 0 Å². The monoisotopic (exact) mass is 380 g/mol. The summed E-state index contributed by atoms with van der Waals surface area (Å²) in [5, 5.41) is 3.17. The molecule has 1 aliphatic rings. The van der Waals surface area contributed by atoms with E-state index in [0.29, 0.717) is 5.92 Å². The summed E-state index contributed by atoms with van der Waals surface area (Å²) < 4.78 is 1.89. The zero-order valence-electron chi connectivity index (χ0n) is 9.50. The third-order valence-corrected chi connectivity index (χ3v) is 5.29. The van der Waals surface area contributed by atoms with Crippen LogP contribution in [0.15, 0.2) is 13.6 Å². The minimum atomic E-state index is 0.137. The van der Waals surface area contributed by atoms with Gasteiger partial charge in [0.2, 0.25) is 0 Å². The van der Waals surface area contributed by atoms with Crippen molar-refractivity contribution < 1.29 is 4.79 Å². The van der Waals surface area contributed by atoms with Gasteiger partial charge in [0.25, 0.3) is 5.91 Å². The van der Waals surface area contributed by atoms with Gasteiger partial charge in [0.05, 0.1) is 13.1 Å². The fourth-order valence-corrected chi connectivity index (χ4v) is 4.91. The highest BCUT2D eigenvalue weighted by Crippen LogP contribution is 2.33. The van der Waals surface area contributed by atoms with Gasteiger partial charge in [0.1, 0.15) is 0 Å². The zero-order chi connectivity index (χ0) is 12.4. The van der Waals surface area contributed by atoms with Gasteiger partial charge in [-0.3, -0.25) is 4.79 Å². The third kappa shape index (κ3) is 3.10. The Morgan fingerprint density at radius 3 is 3.00 bits per heavy atom. The summed E-state index contributed by atoms with van der Waals surface area (Å²) in [5.41, 5.74) is 0.770. The maximum atomic E-state index is 12.3. The highest BCUT2D eigenvalue weighted by atomic mass is 79.9. The Kier molecular flexibility index (Phi) is 4.63. The van der Waals surface area contributed by atoms with E-state index in [4.69, 9.17) is 0 Å². The van der Waals surface area contributed by atoms with Crippen LogP contribution in [0.1, 0.15) is 16.8 Å². The normalized spacial score (nSPS) is 19.9. The van der Waals surface area contributed by atoms with Crippen LogP contribution in [0.25, 0.3) is 0 Å². The molecule has 2 rings (SSSR count). The lowest BCUT2D eigenvalue weighted by molar-refractivity contribution is 0.0787. The van der Waals surface area contributed by atoms with Gasteiger partial charge in [-0.05, 0) is 63.9 Å². The van der Waals surface area contributed by atoms with Crippen molar-refractivity contribution in [1.82, 2.24) is 10.2 Å². The Hall–Kier alpha value is 0.0900. The van der Waals surface area contributed by atoms with Crippen molar-refractivity contribution >= 4 is 49.1 Å². The van der Waals surface area contributed by atoms with Gasteiger partial charge in [-0.15, -0.1) is 11.3 Å². The quantitative estimate of drug-likeness (QED) is 0.872. The molecule has 0 saturated carbocycles. The predicted octanol–water partition coefficient (Wildman–Crippen LogP) is 2.95. The van der Waals surface area contributed by atoms with Crippen LogP contribution in [0.3, 0.4) is 0 Å². The zero-order valence-corrected chi connectivity index (χ0v) is 13.5. The average Bonchev–Trinajstić information content (AvgIpc) is 2.85. The van der Waals surface area contributed by atoms with Gasteiger partial charge in [-0.1, -0.05) is 0 Å². The van der Waals surface area contributed by atoms with Gasteiger partial charge < -0.3 is 10.2 Å². The second kappa shape index (κ2) is 5.82. The molecule has 3 nitrogen and oxygen atoms in total. The number of nitrogens with zero attached hydrogens (tertiary/aromatic N) is 1. The number of hydrogen-bond donors (Lipinski definition) is 1. The first-order valence-electron chi connectivity index (χ1n) is 5.50. The molecule has 1 saturated heterocycles. The van der Waals surface area contributed by atoms with Crippen molar-refractivity contribution in [2.24, 2.45) is 5.92 Å². The Bertz CT molecular complexity index is 422. The lowest BCUT2D eigenvalue weighted by atomic mass is 10.1. The lowest BCUT2D eigenvalue weighted by Gasteiger charge is -2.16. The van der Waals surface area contributed by atoms with Crippen molar-refractivity contribution in [1.29, 1.82) is 0 Å². The summed E-state index contributed by atoms with van der Waals surface area (Å²) in [6, 6.07) is 1.89. The first-order chi connectivity index (χ1) is 8.11. The van der Waals surface area contributed by atoms with Crippen LogP contribution < -0.4 is 5.32 Å². The lowest BCUT2D eigenvalue weighted by Crippen LogP contribution is -2.30. The molecule has 6 heteroatoms. The fraction of sp³-hybridized carbons (Fsp3) is 0.545. The van der Waals surface area contributed by atoms with E-state index in [2.05, 4.69) is 37.2 Å². The van der Waals surface area contributed by atoms with Gasteiger partial charge >= 0.3 is 0 Å². The molecule has 0 aliphatic carbocycles. The molecular weight excluding hydrogens is 368 g/mol. The van der Waals surface area contributed by atoms with Crippen LogP contribution in [-0.2, 0) is 0 Å². The number of rotatable bonds is 3. The number of nitrogens with one attached hydrogen (secondary N) is 1. The molecule has 1 fully saturated rings.